The second-order valence-corrected chi connectivity index (χ2v) is 7.23. The molecule has 2 aromatic carbocycles. The molecule has 0 aliphatic heterocycles. The third kappa shape index (κ3) is 5.43. The molecule has 0 fully saturated rings. The molecule has 0 unspecified atom stereocenters. The minimum atomic E-state index is 0.0479. The molecule has 1 N–H and O–H groups in total. The highest BCUT2D eigenvalue weighted by molar-refractivity contribution is 7.99. The molecule has 0 aromatic heterocycles. The zero-order valence-electron chi connectivity index (χ0n) is 14.3. The van der Waals surface area contributed by atoms with Crippen molar-refractivity contribution in [3.63, 3.8) is 0 Å². The Kier molecular flexibility index (Phi) is 6.28. The van der Waals surface area contributed by atoms with Crippen LogP contribution in [-0.4, -0.2) is 11.7 Å². The second-order valence-electron chi connectivity index (χ2n) is 6.06. The highest BCUT2D eigenvalue weighted by Crippen LogP contribution is 2.21. The van der Waals surface area contributed by atoms with Crippen molar-refractivity contribution in [3.8, 4) is 0 Å². The Morgan fingerprint density at radius 1 is 1.04 bits per heavy atom. The molecule has 1 amide bonds. The van der Waals surface area contributed by atoms with Gasteiger partial charge in [-0.05, 0) is 51.0 Å². The molecular formula is C20H25NOS. The monoisotopic (exact) mass is 327 g/mol. The number of rotatable bonds is 6. The first-order chi connectivity index (χ1) is 11.0. The summed E-state index contributed by atoms with van der Waals surface area (Å²) in [7, 11) is 0. The van der Waals surface area contributed by atoms with Crippen molar-refractivity contribution in [3.05, 3.63) is 64.7 Å². The van der Waals surface area contributed by atoms with E-state index >= 15 is 0 Å². The minimum absolute atomic E-state index is 0.0479. The first-order valence-corrected chi connectivity index (χ1v) is 9.00. The van der Waals surface area contributed by atoms with Crippen LogP contribution in [0, 0.1) is 20.8 Å². The molecule has 23 heavy (non-hydrogen) atoms. The number of benzene rings is 2. The molecule has 0 heterocycles. The summed E-state index contributed by atoms with van der Waals surface area (Å²) in [5.41, 5.74) is 4.90. The number of nitrogens with one attached hydrogen (secondary N) is 1. The average molecular weight is 327 g/mol. The van der Waals surface area contributed by atoms with Crippen LogP contribution in [0.5, 0.6) is 0 Å². The minimum Gasteiger partial charge on any atom is -0.350 e. The highest BCUT2D eigenvalue weighted by Gasteiger charge is 2.11. The van der Waals surface area contributed by atoms with Gasteiger partial charge in [0.05, 0.1) is 6.04 Å². The number of thioether (sulfide) groups is 1. The number of carbonyl (C=O) groups excluding carboxylic acids is 1. The van der Waals surface area contributed by atoms with Crippen LogP contribution in [-0.2, 0) is 4.79 Å². The lowest BCUT2D eigenvalue weighted by atomic mass is 10.00. The number of aryl methyl sites for hydroxylation is 3. The van der Waals surface area contributed by atoms with Gasteiger partial charge in [-0.1, -0.05) is 41.5 Å². The Balaban J connectivity index is 1.82. The first kappa shape index (κ1) is 17.6. The van der Waals surface area contributed by atoms with E-state index in [9.17, 15) is 4.79 Å². The van der Waals surface area contributed by atoms with E-state index in [0.717, 1.165) is 5.75 Å². The quantitative estimate of drug-likeness (QED) is 0.759. The molecule has 0 saturated carbocycles. The second kappa shape index (κ2) is 8.21. The molecule has 0 aliphatic rings. The molecule has 2 aromatic rings. The van der Waals surface area contributed by atoms with Gasteiger partial charge in [0.25, 0.3) is 0 Å². The normalized spacial score (nSPS) is 12.0. The lowest BCUT2D eigenvalue weighted by Crippen LogP contribution is -2.27. The van der Waals surface area contributed by atoms with Crippen LogP contribution < -0.4 is 5.32 Å². The Morgan fingerprint density at radius 2 is 1.70 bits per heavy atom. The summed E-state index contributed by atoms with van der Waals surface area (Å²) < 4.78 is 0. The topological polar surface area (TPSA) is 29.1 Å². The molecule has 1 atom stereocenters. The summed E-state index contributed by atoms with van der Waals surface area (Å²) in [6.07, 6.45) is 0.535. The maximum Gasteiger partial charge on any atom is 0.221 e. The molecule has 0 spiro atoms. The summed E-state index contributed by atoms with van der Waals surface area (Å²) >= 11 is 1.73. The Hall–Kier alpha value is -1.74. The predicted octanol–water partition coefficient (Wildman–Crippen LogP) is 4.97. The van der Waals surface area contributed by atoms with Crippen molar-refractivity contribution >= 4 is 17.7 Å². The van der Waals surface area contributed by atoms with Crippen molar-refractivity contribution in [1.29, 1.82) is 0 Å². The Bertz CT molecular complexity index is 664. The number of amides is 1. The fourth-order valence-electron chi connectivity index (χ4n) is 2.51. The summed E-state index contributed by atoms with van der Waals surface area (Å²) in [6, 6.07) is 14.8. The van der Waals surface area contributed by atoms with Crippen molar-refractivity contribution in [2.45, 2.75) is 45.1 Å². The maximum atomic E-state index is 12.1. The van der Waals surface area contributed by atoms with E-state index < -0.39 is 0 Å². The van der Waals surface area contributed by atoms with Gasteiger partial charge in [0.15, 0.2) is 0 Å². The van der Waals surface area contributed by atoms with Gasteiger partial charge in [0, 0.05) is 17.1 Å². The van der Waals surface area contributed by atoms with Crippen molar-refractivity contribution in [2.24, 2.45) is 0 Å². The number of carbonyl (C=O) groups is 1. The van der Waals surface area contributed by atoms with Crippen molar-refractivity contribution in [1.82, 2.24) is 5.32 Å². The van der Waals surface area contributed by atoms with Crippen LogP contribution >= 0.6 is 11.8 Å². The van der Waals surface area contributed by atoms with E-state index in [4.69, 9.17) is 0 Å². The zero-order chi connectivity index (χ0) is 16.8. The van der Waals surface area contributed by atoms with Crippen molar-refractivity contribution < 1.29 is 4.79 Å². The van der Waals surface area contributed by atoms with Gasteiger partial charge in [-0.3, -0.25) is 4.79 Å². The van der Waals surface area contributed by atoms with Crippen LogP contribution in [0.25, 0.3) is 0 Å². The van der Waals surface area contributed by atoms with Gasteiger partial charge >= 0.3 is 0 Å². The maximum absolute atomic E-state index is 12.1. The van der Waals surface area contributed by atoms with Gasteiger partial charge in [0.2, 0.25) is 5.91 Å². The molecule has 3 heteroatoms. The lowest BCUT2D eigenvalue weighted by Gasteiger charge is -2.17. The van der Waals surface area contributed by atoms with Crippen LogP contribution in [0.1, 0.15) is 41.6 Å². The molecule has 0 radical (unpaired) electrons. The summed E-state index contributed by atoms with van der Waals surface area (Å²) in [5.74, 6) is 0.909. The third-order valence-electron chi connectivity index (χ3n) is 3.90. The lowest BCUT2D eigenvalue weighted by molar-refractivity contribution is -0.121. The SMILES string of the molecule is Cc1ccc(SCCC(=O)N[C@H](C)c2cc(C)ccc2C)cc1. The molecule has 0 bridgehead atoms. The average Bonchev–Trinajstić information content (AvgIpc) is 2.51. The highest BCUT2D eigenvalue weighted by atomic mass is 32.2. The summed E-state index contributed by atoms with van der Waals surface area (Å²) in [4.78, 5) is 13.4. The largest absolute Gasteiger partial charge is 0.350 e. The molecule has 0 saturated heterocycles. The molecule has 2 nitrogen and oxygen atoms in total. The first-order valence-electron chi connectivity index (χ1n) is 8.01. The summed E-state index contributed by atoms with van der Waals surface area (Å²) in [5, 5.41) is 3.11. The van der Waals surface area contributed by atoms with Crippen LogP contribution in [0.2, 0.25) is 0 Å². The fraction of sp³-hybridized carbons (Fsp3) is 0.350. The number of hydrogen-bond acceptors (Lipinski definition) is 2. The van der Waals surface area contributed by atoms with Gasteiger partial charge < -0.3 is 5.32 Å². The van der Waals surface area contributed by atoms with Gasteiger partial charge in [0.1, 0.15) is 0 Å². The number of hydrogen-bond donors (Lipinski definition) is 1. The van der Waals surface area contributed by atoms with E-state index in [0.29, 0.717) is 6.42 Å². The van der Waals surface area contributed by atoms with Crippen LogP contribution in [0.4, 0.5) is 0 Å². The molecule has 2 rings (SSSR count). The van der Waals surface area contributed by atoms with E-state index in [1.54, 1.807) is 11.8 Å². The molecule has 0 aliphatic carbocycles. The smallest absolute Gasteiger partial charge is 0.221 e. The molecule has 122 valence electrons. The van der Waals surface area contributed by atoms with E-state index in [-0.39, 0.29) is 11.9 Å². The van der Waals surface area contributed by atoms with E-state index in [1.807, 2.05) is 6.92 Å². The van der Waals surface area contributed by atoms with Crippen LogP contribution in [0.3, 0.4) is 0 Å². The van der Waals surface area contributed by atoms with E-state index in [2.05, 4.69) is 68.6 Å². The van der Waals surface area contributed by atoms with Crippen LogP contribution in [0.15, 0.2) is 47.4 Å². The van der Waals surface area contributed by atoms with Gasteiger partial charge in [-0.15, -0.1) is 11.8 Å². The zero-order valence-corrected chi connectivity index (χ0v) is 15.2. The molecular weight excluding hydrogens is 302 g/mol. The van der Waals surface area contributed by atoms with Gasteiger partial charge in [-0.25, -0.2) is 0 Å². The van der Waals surface area contributed by atoms with Gasteiger partial charge in [-0.2, -0.15) is 0 Å². The third-order valence-corrected chi connectivity index (χ3v) is 4.91. The Labute approximate surface area is 143 Å². The van der Waals surface area contributed by atoms with Crippen molar-refractivity contribution in [2.75, 3.05) is 5.75 Å². The standard InChI is InChI=1S/C20H25NOS/c1-14-6-9-18(10-7-14)23-12-11-20(22)21-17(4)19-13-15(2)5-8-16(19)3/h5-10,13,17H,11-12H2,1-4H3,(H,21,22)/t17-/m1/s1. The summed E-state index contributed by atoms with van der Waals surface area (Å²) in [6.45, 7) is 8.30. The van der Waals surface area contributed by atoms with E-state index in [1.165, 1.54) is 27.1 Å². The Morgan fingerprint density at radius 3 is 2.39 bits per heavy atom. The predicted molar refractivity (Wildman–Crippen MR) is 99.0 cm³/mol. The fourth-order valence-corrected chi connectivity index (χ4v) is 3.37.